The van der Waals surface area contributed by atoms with Crippen molar-refractivity contribution in [1.29, 1.82) is 0 Å². The monoisotopic (exact) mass is 362 g/mol. The van der Waals surface area contributed by atoms with Crippen LogP contribution in [0.25, 0.3) is 10.9 Å². The quantitative estimate of drug-likeness (QED) is 0.436. The fourth-order valence-electron chi connectivity index (χ4n) is 3.45. The van der Waals surface area contributed by atoms with E-state index in [9.17, 15) is 20.1 Å². The summed E-state index contributed by atoms with van der Waals surface area (Å²) in [6.45, 7) is -0.511. The van der Waals surface area contributed by atoms with E-state index in [0.29, 0.717) is 17.1 Å². The van der Waals surface area contributed by atoms with E-state index in [1.165, 1.54) is 0 Å². The summed E-state index contributed by atoms with van der Waals surface area (Å²) in [5.74, 6) is 0.353. The number of benzene rings is 1. The fourth-order valence-corrected chi connectivity index (χ4v) is 3.45. The van der Waals surface area contributed by atoms with Crippen LogP contribution in [-0.4, -0.2) is 62.7 Å². The molecule has 1 aromatic carbocycles. The number of aliphatic hydroxyl groups is 4. The Morgan fingerprint density at radius 3 is 2.62 bits per heavy atom. The van der Waals surface area contributed by atoms with Crippen molar-refractivity contribution < 1.29 is 25.2 Å². The number of aliphatic hydroxyl groups excluding tert-OH is 4. The zero-order valence-electron chi connectivity index (χ0n) is 14.0. The summed E-state index contributed by atoms with van der Waals surface area (Å²) in [7, 11) is 0. The Kier molecular flexibility index (Phi) is 4.45. The summed E-state index contributed by atoms with van der Waals surface area (Å²) in [6, 6.07) is 6.23. The summed E-state index contributed by atoms with van der Waals surface area (Å²) < 4.78 is 5.13. The van der Waals surface area contributed by atoms with Crippen molar-refractivity contribution in [3.8, 4) is 0 Å². The topological polar surface area (TPSA) is 135 Å². The Morgan fingerprint density at radius 1 is 1.15 bits per heavy atom. The number of hydrogen-bond donors (Lipinski definition) is 6. The van der Waals surface area contributed by atoms with Crippen LogP contribution in [0.1, 0.15) is 24.3 Å². The number of anilines is 1. The van der Waals surface area contributed by atoms with E-state index >= 15 is 0 Å². The molecule has 140 valence electrons. The van der Waals surface area contributed by atoms with Gasteiger partial charge < -0.3 is 35.5 Å². The highest BCUT2D eigenvalue weighted by atomic mass is 16.6. The van der Waals surface area contributed by atoms with Gasteiger partial charge in [0.2, 0.25) is 0 Å². The van der Waals surface area contributed by atoms with Gasteiger partial charge in [0.15, 0.2) is 6.29 Å². The Labute approximate surface area is 149 Å². The molecule has 6 N–H and O–H groups in total. The van der Waals surface area contributed by atoms with Gasteiger partial charge in [0.25, 0.3) is 5.56 Å². The highest BCUT2D eigenvalue weighted by molar-refractivity contribution is 5.82. The van der Waals surface area contributed by atoms with Crippen LogP contribution in [0.15, 0.2) is 29.1 Å². The third-order valence-corrected chi connectivity index (χ3v) is 5.13. The van der Waals surface area contributed by atoms with Crippen LogP contribution in [0.4, 0.5) is 5.69 Å². The van der Waals surface area contributed by atoms with Crippen LogP contribution >= 0.6 is 0 Å². The number of aromatic nitrogens is 1. The molecule has 0 spiro atoms. The lowest BCUT2D eigenvalue weighted by atomic mass is 9.96. The molecule has 0 radical (unpaired) electrons. The van der Waals surface area contributed by atoms with Gasteiger partial charge in [-0.1, -0.05) is 6.07 Å². The van der Waals surface area contributed by atoms with Gasteiger partial charge in [-0.05, 0) is 42.3 Å². The molecule has 2 aliphatic rings. The molecule has 5 atom stereocenters. The van der Waals surface area contributed by atoms with E-state index in [2.05, 4.69) is 10.3 Å². The highest BCUT2D eigenvalue weighted by Gasteiger charge is 2.43. The minimum absolute atomic E-state index is 0.0978. The lowest BCUT2D eigenvalue weighted by Gasteiger charge is -2.40. The van der Waals surface area contributed by atoms with E-state index in [1.54, 1.807) is 12.1 Å². The van der Waals surface area contributed by atoms with Gasteiger partial charge in [0, 0.05) is 11.3 Å². The standard InChI is InChI=1S/C18H22N2O6/c21-7-13-15(22)16(23)14(18(25)26-13)19-10-4-3-9-5-11(8-1-2-8)17(24)20-12(9)6-10/h3-6,8,13-16,18-19,21-23,25H,1-2,7H2,(H,20,24)/t13?,14-,15+,16?,18?/m0/s1. The molecule has 2 heterocycles. The average molecular weight is 362 g/mol. The summed E-state index contributed by atoms with van der Waals surface area (Å²) in [5.41, 5.74) is 1.90. The number of hydrogen-bond acceptors (Lipinski definition) is 7. The second-order valence-electron chi connectivity index (χ2n) is 7.03. The molecule has 1 saturated carbocycles. The first-order chi connectivity index (χ1) is 12.5. The third-order valence-electron chi connectivity index (χ3n) is 5.13. The maximum atomic E-state index is 12.2. The summed E-state index contributed by atoms with van der Waals surface area (Å²) in [4.78, 5) is 15.1. The molecule has 1 saturated heterocycles. The van der Waals surface area contributed by atoms with Crippen molar-refractivity contribution in [2.75, 3.05) is 11.9 Å². The van der Waals surface area contributed by atoms with Crippen molar-refractivity contribution in [2.45, 2.75) is 49.4 Å². The van der Waals surface area contributed by atoms with Crippen molar-refractivity contribution in [2.24, 2.45) is 0 Å². The molecule has 1 aliphatic carbocycles. The number of aromatic amines is 1. The fraction of sp³-hybridized carbons (Fsp3) is 0.500. The second kappa shape index (κ2) is 6.64. The van der Waals surface area contributed by atoms with Crippen molar-refractivity contribution in [3.05, 3.63) is 40.2 Å². The van der Waals surface area contributed by atoms with Gasteiger partial charge in [-0.2, -0.15) is 0 Å². The maximum Gasteiger partial charge on any atom is 0.251 e. The van der Waals surface area contributed by atoms with Gasteiger partial charge in [-0.3, -0.25) is 4.79 Å². The summed E-state index contributed by atoms with van der Waals surface area (Å²) in [5, 5.41) is 43.2. The van der Waals surface area contributed by atoms with Crippen LogP contribution in [0.2, 0.25) is 0 Å². The largest absolute Gasteiger partial charge is 0.394 e. The second-order valence-corrected chi connectivity index (χ2v) is 7.03. The third kappa shape index (κ3) is 3.10. The molecule has 1 aliphatic heterocycles. The Hall–Kier alpha value is -1.97. The first-order valence-corrected chi connectivity index (χ1v) is 8.72. The maximum absolute atomic E-state index is 12.2. The molecule has 8 nitrogen and oxygen atoms in total. The van der Waals surface area contributed by atoms with Crippen LogP contribution in [-0.2, 0) is 4.74 Å². The SMILES string of the molecule is O=c1[nH]c2cc(N[C@@H]3C(O)OC(CO)[C@@H](O)C3O)ccc2cc1C1CC1. The Bertz CT molecular complexity index is 864. The lowest BCUT2D eigenvalue weighted by molar-refractivity contribution is -0.245. The molecule has 26 heavy (non-hydrogen) atoms. The Morgan fingerprint density at radius 2 is 1.92 bits per heavy atom. The normalized spacial score (nSPS) is 31.9. The van der Waals surface area contributed by atoms with E-state index in [-0.39, 0.29) is 5.56 Å². The van der Waals surface area contributed by atoms with E-state index < -0.39 is 37.3 Å². The molecule has 2 aromatic rings. The van der Waals surface area contributed by atoms with E-state index in [0.717, 1.165) is 23.8 Å². The van der Waals surface area contributed by atoms with Crippen molar-refractivity contribution in [1.82, 2.24) is 4.98 Å². The first kappa shape index (κ1) is 17.4. The number of rotatable bonds is 4. The van der Waals surface area contributed by atoms with Crippen LogP contribution in [0, 0.1) is 0 Å². The van der Waals surface area contributed by atoms with Crippen LogP contribution in [0.5, 0.6) is 0 Å². The number of ether oxygens (including phenoxy) is 1. The van der Waals surface area contributed by atoms with Crippen LogP contribution < -0.4 is 10.9 Å². The minimum Gasteiger partial charge on any atom is -0.394 e. The number of nitrogens with one attached hydrogen (secondary N) is 2. The van der Waals surface area contributed by atoms with Crippen molar-refractivity contribution in [3.63, 3.8) is 0 Å². The molecule has 8 heteroatoms. The summed E-state index contributed by atoms with van der Waals surface area (Å²) in [6.07, 6.45) is -3.03. The first-order valence-electron chi connectivity index (χ1n) is 8.72. The molecule has 1 aromatic heterocycles. The molecular formula is C18H22N2O6. The molecule has 4 rings (SSSR count). The van der Waals surface area contributed by atoms with Gasteiger partial charge in [0.05, 0.1) is 12.1 Å². The molecule has 2 fully saturated rings. The van der Waals surface area contributed by atoms with E-state index in [4.69, 9.17) is 9.84 Å². The highest BCUT2D eigenvalue weighted by Crippen LogP contribution is 2.39. The smallest absolute Gasteiger partial charge is 0.251 e. The van der Waals surface area contributed by atoms with Crippen LogP contribution in [0.3, 0.4) is 0 Å². The molecular weight excluding hydrogens is 340 g/mol. The predicted molar refractivity (Wildman–Crippen MR) is 93.9 cm³/mol. The Balaban J connectivity index is 1.59. The van der Waals surface area contributed by atoms with Crippen molar-refractivity contribution >= 4 is 16.6 Å². The number of fused-ring (bicyclic) bond motifs is 1. The summed E-state index contributed by atoms with van der Waals surface area (Å²) >= 11 is 0. The zero-order chi connectivity index (χ0) is 18.4. The number of pyridine rings is 1. The van der Waals surface area contributed by atoms with Gasteiger partial charge in [-0.25, -0.2) is 0 Å². The predicted octanol–water partition coefficient (Wildman–Crippen LogP) is -0.383. The minimum atomic E-state index is -1.41. The molecule has 3 unspecified atom stereocenters. The zero-order valence-corrected chi connectivity index (χ0v) is 14.0. The van der Waals surface area contributed by atoms with Gasteiger partial charge in [0.1, 0.15) is 24.4 Å². The van der Waals surface area contributed by atoms with E-state index in [1.807, 2.05) is 12.1 Å². The molecule has 0 bridgehead atoms. The average Bonchev–Trinajstić information content (AvgIpc) is 3.46. The lowest BCUT2D eigenvalue weighted by Crippen LogP contribution is -2.61. The van der Waals surface area contributed by atoms with Gasteiger partial charge in [-0.15, -0.1) is 0 Å². The number of H-pyrrole nitrogens is 1. The molecule has 0 amide bonds. The van der Waals surface area contributed by atoms with Gasteiger partial charge >= 0.3 is 0 Å².